The summed E-state index contributed by atoms with van der Waals surface area (Å²) in [4.78, 5) is 0. The Morgan fingerprint density at radius 3 is 0.867 bits per heavy atom. The minimum atomic E-state index is -0.338. The number of rotatable bonds is 13. The van der Waals surface area contributed by atoms with Gasteiger partial charge in [0.05, 0.1) is 0 Å². The molecule has 6 unspecified atom stereocenters. The van der Waals surface area contributed by atoms with Gasteiger partial charge in [-0.25, -0.2) is 0 Å². The van der Waals surface area contributed by atoms with Crippen LogP contribution in [0.3, 0.4) is 0 Å². The molecule has 0 bridgehead atoms. The summed E-state index contributed by atoms with van der Waals surface area (Å²) in [5.41, 5.74) is 5.69. The zero-order valence-corrected chi connectivity index (χ0v) is 34.7. The topological polar surface area (TPSA) is 210 Å². The third kappa shape index (κ3) is 7.79. The first-order chi connectivity index (χ1) is 29.0. The molecule has 0 amide bonds. The van der Waals surface area contributed by atoms with Crippen LogP contribution in [0.5, 0.6) is 46.0 Å². The molecule has 8 rings (SSSR count). The van der Waals surface area contributed by atoms with Crippen LogP contribution in [-0.2, 0) is 25.7 Å². The van der Waals surface area contributed by atoms with Crippen LogP contribution in [0.15, 0.2) is 48.5 Å². The lowest BCUT2D eigenvalue weighted by molar-refractivity contribution is 0.177. The van der Waals surface area contributed by atoms with E-state index in [-0.39, 0.29) is 93.8 Å². The van der Waals surface area contributed by atoms with Gasteiger partial charge < -0.3 is 62.1 Å². The van der Waals surface area contributed by atoms with Gasteiger partial charge in [-0.15, -0.1) is 0 Å². The lowest BCUT2D eigenvalue weighted by Gasteiger charge is -2.43. The molecule has 0 saturated heterocycles. The first-order valence-corrected chi connectivity index (χ1v) is 22.1. The van der Waals surface area contributed by atoms with Gasteiger partial charge in [0.2, 0.25) is 0 Å². The minimum absolute atomic E-state index is 0.126. The largest absolute Gasteiger partial charge is 0.508 e. The van der Waals surface area contributed by atoms with Crippen molar-refractivity contribution in [1.82, 2.24) is 21.3 Å². The average Bonchev–Trinajstić information content (AvgIpc) is 3.26. The number of aromatic hydroxyl groups is 8. The number of benzene rings is 4. The summed E-state index contributed by atoms with van der Waals surface area (Å²) in [6.45, 7) is 6.88. The monoisotopic (exact) mass is 822 g/mol. The first-order valence-electron chi connectivity index (χ1n) is 22.1. The smallest absolute Gasteiger partial charge is 0.120 e. The SMILES string of the molecule is CCC(CCC(CC)CC(C1NCCc2c(O)ccc(O)c21)C1NCCc2c(O)ccc(O)c21)CC(C1NCCc2c(O)ccc(O)c21)C1NCCc2c(O)ccc(O)c21. The van der Waals surface area contributed by atoms with E-state index in [4.69, 9.17) is 0 Å². The molecule has 12 heteroatoms. The second-order valence-corrected chi connectivity index (χ2v) is 17.6. The number of fused-ring (bicyclic) bond motifs is 4. The van der Waals surface area contributed by atoms with Crippen LogP contribution in [0.25, 0.3) is 0 Å². The molecule has 12 nitrogen and oxygen atoms in total. The highest BCUT2D eigenvalue weighted by atomic mass is 16.3. The van der Waals surface area contributed by atoms with E-state index in [0.29, 0.717) is 74.1 Å². The van der Waals surface area contributed by atoms with Crippen molar-refractivity contribution in [2.75, 3.05) is 26.2 Å². The normalized spacial score (nSPS) is 23.0. The van der Waals surface area contributed by atoms with Crippen molar-refractivity contribution in [1.29, 1.82) is 0 Å². The van der Waals surface area contributed by atoms with Gasteiger partial charge >= 0.3 is 0 Å². The lowest BCUT2D eigenvalue weighted by Crippen LogP contribution is -2.44. The Balaban J connectivity index is 1.11. The van der Waals surface area contributed by atoms with E-state index < -0.39 is 0 Å². The maximum atomic E-state index is 11.3. The molecule has 4 aromatic carbocycles. The van der Waals surface area contributed by atoms with E-state index in [1.54, 1.807) is 48.5 Å². The fourth-order valence-corrected chi connectivity index (χ4v) is 11.4. The standard InChI is InChI=1S/C48H62N4O8/c1-3-25(23-31(45-41-27(15-19-49-45)33(53)7-11-37(41)57)46-42-28(16-20-50-46)34(54)8-12-38(42)58)5-6-26(4-2)24-32(47-43-29(17-21-51-47)35(55)9-13-39(43)59)48-44-30(18-22-52-48)36(56)10-14-40(44)60/h7-14,25-26,31-32,45-60H,3-6,15-24H2,1-2H3. The van der Waals surface area contributed by atoms with Crippen LogP contribution in [-0.4, -0.2) is 67.0 Å². The number of phenols is 8. The van der Waals surface area contributed by atoms with E-state index in [2.05, 4.69) is 35.1 Å². The molecule has 60 heavy (non-hydrogen) atoms. The molecule has 0 radical (unpaired) electrons. The molecule has 0 aliphatic carbocycles. The molecule has 4 aromatic rings. The Morgan fingerprint density at radius 1 is 0.400 bits per heavy atom. The molecular formula is C48H62N4O8. The molecule has 4 aliphatic heterocycles. The van der Waals surface area contributed by atoms with Crippen LogP contribution in [0.2, 0.25) is 0 Å². The summed E-state index contributed by atoms with van der Waals surface area (Å²) in [6, 6.07) is 11.1. The summed E-state index contributed by atoms with van der Waals surface area (Å²) in [5, 5.41) is 104. The van der Waals surface area contributed by atoms with E-state index in [1.165, 1.54) is 0 Å². The molecule has 0 fully saturated rings. The Morgan fingerprint density at radius 2 is 0.633 bits per heavy atom. The molecular weight excluding hydrogens is 761 g/mol. The fraction of sp³-hybridized carbons (Fsp3) is 0.500. The van der Waals surface area contributed by atoms with Crippen molar-refractivity contribution in [3.8, 4) is 46.0 Å². The van der Waals surface area contributed by atoms with Gasteiger partial charge in [-0.2, -0.15) is 0 Å². The highest BCUT2D eigenvalue weighted by Crippen LogP contribution is 2.52. The van der Waals surface area contributed by atoms with Gasteiger partial charge in [-0.05, 0) is 137 Å². The Hall–Kier alpha value is -4.88. The summed E-state index contributed by atoms with van der Waals surface area (Å²) in [7, 11) is 0. The van der Waals surface area contributed by atoms with Gasteiger partial charge in [-0.3, -0.25) is 0 Å². The molecule has 4 aliphatic rings. The Labute approximate surface area is 352 Å². The van der Waals surface area contributed by atoms with Gasteiger partial charge in [0.25, 0.3) is 0 Å². The Bertz CT molecular complexity index is 1900. The van der Waals surface area contributed by atoms with Crippen molar-refractivity contribution >= 4 is 0 Å². The van der Waals surface area contributed by atoms with Crippen LogP contribution in [0.4, 0.5) is 0 Å². The second-order valence-electron chi connectivity index (χ2n) is 17.6. The molecule has 0 saturated carbocycles. The third-order valence-corrected chi connectivity index (χ3v) is 14.5. The molecule has 0 spiro atoms. The van der Waals surface area contributed by atoms with Gasteiger partial charge in [-0.1, -0.05) is 39.5 Å². The summed E-state index contributed by atoms with van der Waals surface area (Å²) < 4.78 is 0. The van der Waals surface area contributed by atoms with Crippen molar-refractivity contribution in [2.24, 2.45) is 23.7 Å². The predicted molar refractivity (Wildman–Crippen MR) is 230 cm³/mol. The summed E-state index contributed by atoms with van der Waals surface area (Å²) >= 11 is 0. The molecule has 322 valence electrons. The zero-order valence-electron chi connectivity index (χ0n) is 34.7. The summed E-state index contributed by atoms with van der Waals surface area (Å²) in [6.07, 6.45) is 7.36. The van der Waals surface area contributed by atoms with Crippen LogP contribution in [0, 0.1) is 23.7 Å². The highest BCUT2D eigenvalue weighted by Gasteiger charge is 2.43. The number of phenolic OH excluding ortho intramolecular Hbond substituents is 8. The highest BCUT2D eigenvalue weighted by molar-refractivity contribution is 5.55. The van der Waals surface area contributed by atoms with Gasteiger partial charge in [0, 0.05) is 68.7 Å². The van der Waals surface area contributed by atoms with Crippen molar-refractivity contribution in [3.05, 3.63) is 93.0 Å². The quantitative estimate of drug-likeness (QED) is 0.0614. The fourth-order valence-electron chi connectivity index (χ4n) is 11.4. The lowest BCUT2D eigenvalue weighted by atomic mass is 9.70. The number of hydrogen-bond acceptors (Lipinski definition) is 12. The summed E-state index contributed by atoms with van der Waals surface area (Å²) in [5.74, 6) is 1.30. The Kier molecular flexibility index (Phi) is 12.3. The van der Waals surface area contributed by atoms with Gasteiger partial charge in [0.1, 0.15) is 46.0 Å². The predicted octanol–water partition coefficient (Wildman–Crippen LogP) is 7.02. The van der Waals surface area contributed by atoms with Crippen LogP contribution >= 0.6 is 0 Å². The van der Waals surface area contributed by atoms with Crippen molar-refractivity contribution < 1.29 is 40.9 Å². The van der Waals surface area contributed by atoms with E-state index in [0.717, 1.165) is 60.8 Å². The molecule has 4 heterocycles. The minimum Gasteiger partial charge on any atom is -0.508 e. The maximum Gasteiger partial charge on any atom is 0.120 e. The molecule has 6 atom stereocenters. The maximum absolute atomic E-state index is 11.3. The van der Waals surface area contributed by atoms with Crippen LogP contribution in [0.1, 0.15) is 121 Å². The van der Waals surface area contributed by atoms with Crippen molar-refractivity contribution in [2.45, 2.75) is 102 Å². The second kappa shape index (κ2) is 17.6. The van der Waals surface area contributed by atoms with Gasteiger partial charge in [0.15, 0.2) is 0 Å². The van der Waals surface area contributed by atoms with E-state index in [1.807, 2.05) is 0 Å². The number of nitrogens with one attached hydrogen (secondary N) is 4. The molecule has 12 N–H and O–H groups in total. The molecule has 0 aromatic heterocycles. The van der Waals surface area contributed by atoms with E-state index >= 15 is 0 Å². The van der Waals surface area contributed by atoms with Crippen molar-refractivity contribution in [3.63, 3.8) is 0 Å². The number of hydrogen-bond donors (Lipinski definition) is 12. The zero-order chi connectivity index (χ0) is 42.2. The first kappa shape index (κ1) is 41.8. The van der Waals surface area contributed by atoms with E-state index in [9.17, 15) is 40.9 Å². The average molecular weight is 823 g/mol. The third-order valence-electron chi connectivity index (χ3n) is 14.5. The van der Waals surface area contributed by atoms with Crippen LogP contribution < -0.4 is 21.3 Å².